The largest absolute Gasteiger partial charge is 0.465 e. The lowest BCUT2D eigenvalue weighted by molar-refractivity contribution is -0.145. The Kier molecular flexibility index (Phi) is 13.2. The third-order valence-corrected chi connectivity index (χ3v) is 7.99. The van der Waals surface area contributed by atoms with Crippen LogP contribution in [0.15, 0.2) is 72.8 Å². The number of Topliss-reactive ketones (excluding diaryl/α,β-unsaturated/α-hetero) is 1. The van der Waals surface area contributed by atoms with E-state index >= 15 is 0 Å². The van der Waals surface area contributed by atoms with Crippen molar-refractivity contribution in [2.24, 2.45) is 0 Å². The van der Waals surface area contributed by atoms with Crippen LogP contribution in [0.25, 0.3) is 0 Å². The number of amides is 1. The van der Waals surface area contributed by atoms with E-state index in [4.69, 9.17) is 30.5 Å². The standard InChI is InChI=1S/C37H44ClN3O8/c1-24(33(43)25-13-15-29(38)16-14-25)47-32(42)23-39-22-28-12-11-27(35(44)46-5)21-31(28)40-34(26-9-7-6-8-10-26)48-30-17-19-41(20-18-30)36(45)49-37(2,3)4/h6-16,21,24,30,34,39-40H,17-20,22-23H2,1-5H3. The number of piperidine rings is 1. The molecule has 0 saturated carbocycles. The van der Waals surface area contributed by atoms with Gasteiger partial charge in [0.05, 0.1) is 25.3 Å². The quantitative estimate of drug-likeness (QED) is 0.0878. The van der Waals surface area contributed by atoms with Crippen molar-refractivity contribution < 1.29 is 38.1 Å². The predicted molar refractivity (Wildman–Crippen MR) is 186 cm³/mol. The summed E-state index contributed by atoms with van der Waals surface area (Å²) in [7, 11) is 1.31. The van der Waals surface area contributed by atoms with E-state index in [1.54, 1.807) is 47.4 Å². The second kappa shape index (κ2) is 17.3. The molecule has 4 rings (SSSR count). The molecule has 0 aliphatic carbocycles. The van der Waals surface area contributed by atoms with Gasteiger partial charge in [0.1, 0.15) is 5.60 Å². The minimum atomic E-state index is -0.980. The molecule has 1 saturated heterocycles. The van der Waals surface area contributed by atoms with Gasteiger partial charge in [-0.3, -0.25) is 9.59 Å². The van der Waals surface area contributed by atoms with E-state index < -0.39 is 29.9 Å². The summed E-state index contributed by atoms with van der Waals surface area (Å²) < 4.78 is 22.5. The molecule has 12 heteroatoms. The summed E-state index contributed by atoms with van der Waals surface area (Å²) in [5, 5.41) is 7.03. The average Bonchev–Trinajstić information content (AvgIpc) is 3.08. The predicted octanol–water partition coefficient (Wildman–Crippen LogP) is 6.56. The van der Waals surface area contributed by atoms with Gasteiger partial charge < -0.3 is 34.5 Å². The Bertz CT molecular complexity index is 1590. The first-order valence-corrected chi connectivity index (χ1v) is 16.6. The number of nitrogens with one attached hydrogen (secondary N) is 2. The molecule has 2 unspecified atom stereocenters. The van der Waals surface area contributed by atoms with Gasteiger partial charge in [0.25, 0.3) is 0 Å². The Balaban J connectivity index is 1.43. The van der Waals surface area contributed by atoms with E-state index in [0.29, 0.717) is 47.8 Å². The molecule has 2 N–H and O–H groups in total. The monoisotopic (exact) mass is 693 g/mol. The Morgan fingerprint density at radius 3 is 2.22 bits per heavy atom. The highest BCUT2D eigenvalue weighted by Crippen LogP contribution is 2.29. The van der Waals surface area contributed by atoms with Crippen LogP contribution in [0.5, 0.6) is 0 Å². The van der Waals surface area contributed by atoms with E-state index in [1.165, 1.54) is 14.0 Å². The summed E-state index contributed by atoms with van der Waals surface area (Å²) in [6, 6.07) is 21.1. The molecule has 1 amide bonds. The minimum Gasteiger partial charge on any atom is -0.465 e. The molecule has 11 nitrogen and oxygen atoms in total. The number of hydrogen-bond donors (Lipinski definition) is 2. The Labute approximate surface area is 292 Å². The molecular formula is C37H44ClN3O8. The van der Waals surface area contributed by atoms with Crippen LogP contribution in [0.4, 0.5) is 10.5 Å². The van der Waals surface area contributed by atoms with Crippen LogP contribution in [0, 0.1) is 0 Å². The highest BCUT2D eigenvalue weighted by atomic mass is 35.5. The second-order valence-electron chi connectivity index (χ2n) is 12.7. The maximum Gasteiger partial charge on any atom is 0.410 e. The number of benzene rings is 3. The van der Waals surface area contributed by atoms with Gasteiger partial charge in [-0.2, -0.15) is 0 Å². The first kappa shape index (κ1) is 37.4. The summed E-state index contributed by atoms with van der Waals surface area (Å²) >= 11 is 5.91. The van der Waals surface area contributed by atoms with Crippen LogP contribution in [-0.2, 0) is 30.3 Å². The number of ketones is 1. The van der Waals surface area contributed by atoms with Crippen molar-refractivity contribution in [3.05, 3.63) is 100 Å². The molecule has 0 aromatic heterocycles. The first-order chi connectivity index (χ1) is 23.3. The molecule has 1 aliphatic rings. The van der Waals surface area contributed by atoms with Crippen molar-refractivity contribution in [1.82, 2.24) is 10.2 Å². The van der Waals surface area contributed by atoms with E-state index in [-0.39, 0.29) is 31.1 Å². The number of carbonyl (C=O) groups excluding carboxylic acids is 4. The lowest BCUT2D eigenvalue weighted by Gasteiger charge is -2.35. The SMILES string of the molecule is COC(=O)c1ccc(CNCC(=O)OC(C)C(=O)c2ccc(Cl)cc2)c(NC(OC2CCN(C(=O)OC(C)(C)C)CC2)c2ccccc2)c1. The number of carbonyl (C=O) groups is 4. The van der Waals surface area contributed by atoms with Gasteiger partial charge in [0.15, 0.2) is 12.3 Å². The van der Waals surface area contributed by atoms with Gasteiger partial charge in [-0.25, -0.2) is 9.59 Å². The number of nitrogens with zero attached hydrogens (tertiary/aromatic N) is 1. The summed E-state index contributed by atoms with van der Waals surface area (Å²) in [5.74, 6) is -1.44. The molecule has 0 radical (unpaired) electrons. The van der Waals surface area contributed by atoms with Gasteiger partial charge in [-0.05, 0) is 82.5 Å². The summed E-state index contributed by atoms with van der Waals surface area (Å²) in [6.45, 7) is 8.10. The summed E-state index contributed by atoms with van der Waals surface area (Å²) in [6.07, 6.45) is -0.854. The Hall–Kier alpha value is -4.45. The van der Waals surface area contributed by atoms with Crippen LogP contribution < -0.4 is 10.6 Å². The summed E-state index contributed by atoms with van der Waals surface area (Å²) in [4.78, 5) is 52.1. The van der Waals surface area contributed by atoms with Crippen LogP contribution in [0.3, 0.4) is 0 Å². The van der Waals surface area contributed by atoms with Crippen molar-refractivity contribution in [3.63, 3.8) is 0 Å². The van der Waals surface area contributed by atoms with Crippen LogP contribution in [-0.4, -0.2) is 73.3 Å². The number of anilines is 1. The summed E-state index contributed by atoms with van der Waals surface area (Å²) in [5.41, 5.74) is 2.35. The van der Waals surface area contributed by atoms with Gasteiger partial charge in [0.2, 0.25) is 5.78 Å². The van der Waals surface area contributed by atoms with Crippen molar-refractivity contribution in [2.75, 3.05) is 32.1 Å². The van der Waals surface area contributed by atoms with Gasteiger partial charge in [-0.1, -0.05) is 48.0 Å². The third kappa shape index (κ3) is 11.3. The maximum atomic E-state index is 12.7. The van der Waals surface area contributed by atoms with Crippen molar-refractivity contribution in [2.45, 2.75) is 71.1 Å². The van der Waals surface area contributed by atoms with E-state index in [9.17, 15) is 19.2 Å². The Morgan fingerprint density at radius 2 is 1.59 bits per heavy atom. The third-order valence-electron chi connectivity index (χ3n) is 7.73. The van der Waals surface area contributed by atoms with Crippen LogP contribution >= 0.6 is 11.6 Å². The zero-order valence-electron chi connectivity index (χ0n) is 28.5. The normalized spacial score (nSPS) is 14.8. The fraction of sp³-hybridized carbons (Fsp3) is 0.405. The molecule has 0 bridgehead atoms. The highest BCUT2D eigenvalue weighted by Gasteiger charge is 2.29. The lowest BCUT2D eigenvalue weighted by Crippen LogP contribution is -2.44. The molecule has 1 aliphatic heterocycles. The zero-order valence-corrected chi connectivity index (χ0v) is 29.2. The number of rotatable bonds is 13. The van der Waals surface area contributed by atoms with Gasteiger partial charge in [0, 0.05) is 41.5 Å². The van der Waals surface area contributed by atoms with Gasteiger partial charge >= 0.3 is 18.0 Å². The smallest absolute Gasteiger partial charge is 0.410 e. The van der Waals surface area contributed by atoms with Crippen LogP contribution in [0.2, 0.25) is 5.02 Å². The maximum absolute atomic E-state index is 12.7. The number of methoxy groups -OCH3 is 1. The number of esters is 2. The van der Waals surface area contributed by atoms with E-state index in [1.807, 2.05) is 51.1 Å². The fourth-order valence-electron chi connectivity index (χ4n) is 5.21. The first-order valence-electron chi connectivity index (χ1n) is 16.2. The zero-order chi connectivity index (χ0) is 35.6. The lowest BCUT2D eigenvalue weighted by atomic mass is 10.1. The van der Waals surface area contributed by atoms with Gasteiger partial charge in [-0.15, -0.1) is 0 Å². The molecule has 3 aromatic rings. The van der Waals surface area contributed by atoms with Crippen LogP contribution in [0.1, 0.15) is 78.6 Å². The average molecular weight is 694 g/mol. The second-order valence-corrected chi connectivity index (χ2v) is 13.1. The fourth-order valence-corrected chi connectivity index (χ4v) is 5.33. The highest BCUT2D eigenvalue weighted by molar-refractivity contribution is 6.30. The number of ether oxygens (including phenoxy) is 4. The minimum absolute atomic E-state index is 0.158. The van der Waals surface area contributed by atoms with Crippen molar-refractivity contribution >= 4 is 41.1 Å². The molecule has 0 spiro atoms. The Morgan fingerprint density at radius 1 is 0.939 bits per heavy atom. The van der Waals surface area contributed by atoms with E-state index in [2.05, 4.69) is 10.6 Å². The molecule has 1 heterocycles. The van der Waals surface area contributed by atoms with Crippen molar-refractivity contribution in [1.29, 1.82) is 0 Å². The molecule has 262 valence electrons. The number of hydrogen-bond acceptors (Lipinski definition) is 10. The number of halogens is 1. The molecule has 3 aromatic carbocycles. The topological polar surface area (TPSA) is 132 Å². The molecular weight excluding hydrogens is 650 g/mol. The number of likely N-dealkylation sites (tertiary alicyclic amines) is 1. The molecule has 2 atom stereocenters. The van der Waals surface area contributed by atoms with Crippen molar-refractivity contribution in [3.8, 4) is 0 Å². The molecule has 1 fully saturated rings. The van der Waals surface area contributed by atoms with E-state index in [0.717, 1.165) is 11.1 Å². The molecule has 49 heavy (non-hydrogen) atoms.